The number of aryl methyl sites for hydroxylation is 1. The van der Waals surface area contributed by atoms with E-state index in [0.29, 0.717) is 0 Å². The molecule has 0 spiro atoms. The fraction of sp³-hybridized carbons (Fsp3) is 0.667. The maximum atomic E-state index is 2.55. The zero-order valence-electron chi connectivity index (χ0n) is 14.3. The van der Waals surface area contributed by atoms with E-state index in [9.17, 15) is 0 Å². The van der Waals surface area contributed by atoms with Crippen LogP contribution in [0, 0.1) is 13.8 Å². The van der Waals surface area contributed by atoms with E-state index in [1.807, 2.05) is 0 Å². The first-order valence-corrected chi connectivity index (χ1v) is 10.5. The van der Waals surface area contributed by atoms with Gasteiger partial charge in [0.25, 0.3) is 0 Å². The van der Waals surface area contributed by atoms with E-state index in [-0.39, 0.29) is 5.41 Å². The monoisotopic (exact) mass is 276 g/mol. The summed E-state index contributed by atoms with van der Waals surface area (Å²) in [5, 5.41) is 1.69. The Morgan fingerprint density at radius 1 is 0.895 bits per heavy atom. The van der Waals surface area contributed by atoms with E-state index in [1.165, 1.54) is 29.3 Å². The number of benzene rings is 1. The summed E-state index contributed by atoms with van der Waals surface area (Å²) in [5.41, 5.74) is 4.77. The van der Waals surface area contributed by atoms with Crippen molar-refractivity contribution in [3.8, 4) is 0 Å². The average Bonchev–Trinajstić information content (AvgIpc) is 2.34. The second-order valence-corrected chi connectivity index (χ2v) is 12.3. The minimum Gasteiger partial charge on any atom is -0.0675 e. The molecule has 0 fully saturated rings. The smallest absolute Gasteiger partial charge is 0.0675 e. The zero-order chi connectivity index (χ0) is 14.8. The van der Waals surface area contributed by atoms with E-state index in [0.717, 1.165) is 0 Å². The Hall–Kier alpha value is -0.563. The fourth-order valence-corrected chi connectivity index (χ4v) is 7.00. The molecule has 1 aromatic carbocycles. The Bertz CT molecular complexity index is 425. The standard InChI is InChI=1S/C18H32Si/c1-9-19(10-2,11-3)16-12-14(4)15(5)17(13-16)18(6,7)8/h12-13H,9-11H2,1-8H3. The molecule has 0 heterocycles. The van der Waals surface area contributed by atoms with Gasteiger partial charge in [0, 0.05) is 0 Å². The Morgan fingerprint density at radius 2 is 1.37 bits per heavy atom. The summed E-state index contributed by atoms with van der Waals surface area (Å²) in [6.45, 7) is 18.8. The molecule has 0 N–H and O–H groups in total. The highest BCUT2D eigenvalue weighted by Crippen LogP contribution is 2.29. The van der Waals surface area contributed by atoms with Crippen molar-refractivity contribution in [3.63, 3.8) is 0 Å². The predicted octanol–water partition coefficient (Wildman–Crippen LogP) is 5.32. The van der Waals surface area contributed by atoms with Crippen LogP contribution >= 0.6 is 0 Å². The van der Waals surface area contributed by atoms with Crippen LogP contribution in [0.5, 0.6) is 0 Å². The highest BCUT2D eigenvalue weighted by Gasteiger charge is 2.31. The van der Waals surface area contributed by atoms with E-state index >= 15 is 0 Å². The Labute approximate surface area is 121 Å². The molecule has 0 aliphatic carbocycles. The van der Waals surface area contributed by atoms with Crippen molar-refractivity contribution < 1.29 is 0 Å². The third kappa shape index (κ3) is 3.13. The lowest BCUT2D eigenvalue weighted by Gasteiger charge is -2.32. The van der Waals surface area contributed by atoms with Crippen molar-refractivity contribution in [1.29, 1.82) is 0 Å². The summed E-state index contributed by atoms with van der Waals surface area (Å²) in [4.78, 5) is 0. The van der Waals surface area contributed by atoms with Crippen LogP contribution < -0.4 is 5.19 Å². The molecule has 0 nitrogen and oxygen atoms in total. The molecule has 0 saturated carbocycles. The Balaban J connectivity index is 3.51. The molecular weight excluding hydrogens is 244 g/mol. The molecule has 1 heteroatoms. The molecule has 1 rings (SSSR count). The van der Waals surface area contributed by atoms with Gasteiger partial charge < -0.3 is 0 Å². The van der Waals surface area contributed by atoms with Gasteiger partial charge in [0.2, 0.25) is 0 Å². The van der Waals surface area contributed by atoms with E-state index in [4.69, 9.17) is 0 Å². The summed E-state index contributed by atoms with van der Waals surface area (Å²) < 4.78 is 0. The first-order valence-electron chi connectivity index (χ1n) is 7.84. The molecule has 0 amide bonds. The molecule has 1 aromatic rings. The lowest BCUT2D eigenvalue weighted by atomic mass is 9.83. The van der Waals surface area contributed by atoms with Crippen molar-refractivity contribution in [1.82, 2.24) is 0 Å². The van der Waals surface area contributed by atoms with Crippen LogP contribution in [0.4, 0.5) is 0 Å². The Morgan fingerprint density at radius 3 is 1.74 bits per heavy atom. The van der Waals surface area contributed by atoms with Crippen LogP contribution in [-0.4, -0.2) is 8.07 Å². The molecule has 0 bridgehead atoms. The predicted molar refractivity (Wildman–Crippen MR) is 91.4 cm³/mol. The van der Waals surface area contributed by atoms with Crippen LogP contribution in [0.25, 0.3) is 0 Å². The largest absolute Gasteiger partial charge is 0.0859 e. The molecule has 19 heavy (non-hydrogen) atoms. The van der Waals surface area contributed by atoms with Crippen molar-refractivity contribution in [2.75, 3.05) is 0 Å². The molecule has 0 unspecified atom stereocenters. The van der Waals surface area contributed by atoms with Gasteiger partial charge in [0.1, 0.15) is 0 Å². The van der Waals surface area contributed by atoms with Gasteiger partial charge in [-0.3, -0.25) is 0 Å². The van der Waals surface area contributed by atoms with Crippen molar-refractivity contribution in [2.45, 2.75) is 78.9 Å². The minimum absolute atomic E-state index is 0.250. The van der Waals surface area contributed by atoms with Crippen LogP contribution in [0.2, 0.25) is 18.1 Å². The van der Waals surface area contributed by atoms with Gasteiger partial charge in [-0.25, -0.2) is 0 Å². The quantitative estimate of drug-likeness (QED) is 0.653. The zero-order valence-corrected chi connectivity index (χ0v) is 15.3. The van der Waals surface area contributed by atoms with Crippen LogP contribution in [0.3, 0.4) is 0 Å². The van der Waals surface area contributed by atoms with Gasteiger partial charge in [-0.15, -0.1) is 0 Å². The van der Waals surface area contributed by atoms with Gasteiger partial charge in [-0.05, 0) is 36.0 Å². The molecule has 0 atom stereocenters. The van der Waals surface area contributed by atoms with Gasteiger partial charge in [0.05, 0.1) is 8.07 Å². The summed E-state index contributed by atoms with van der Waals surface area (Å²) in [6.07, 6.45) is 0. The van der Waals surface area contributed by atoms with Gasteiger partial charge in [-0.1, -0.05) is 77.0 Å². The molecule has 0 aliphatic rings. The third-order valence-corrected chi connectivity index (χ3v) is 10.7. The van der Waals surface area contributed by atoms with Gasteiger partial charge in [-0.2, -0.15) is 0 Å². The van der Waals surface area contributed by atoms with E-state index in [2.05, 4.69) is 67.5 Å². The van der Waals surface area contributed by atoms with E-state index in [1.54, 1.807) is 10.8 Å². The van der Waals surface area contributed by atoms with Crippen LogP contribution in [0.15, 0.2) is 12.1 Å². The summed E-state index contributed by atoms with van der Waals surface area (Å²) in [7, 11) is -1.26. The number of rotatable bonds is 4. The van der Waals surface area contributed by atoms with Crippen molar-refractivity contribution >= 4 is 13.3 Å². The summed E-state index contributed by atoms with van der Waals surface area (Å²) in [5.74, 6) is 0. The highest BCUT2D eigenvalue weighted by molar-refractivity contribution is 6.91. The first-order chi connectivity index (χ1) is 8.71. The van der Waals surface area contributed by atoms with Crippen molar-refractivity contribution in [3.05, 3.63) is 28.8 Å². The van der Waals surface area contributed by atoms with Crippen LogP contribution in [-0.2, 0) is 5.41 Å². The SMILES string of the molecule is CC[Si](CC)(CC)c1cc(C)c(C)c(C(C)(C)C)c1. The molecule has 0 radical (unpaired) electrons. The molecule has 108 valence electrons. The fourth-order valence-electron chi connectivity index (χ4n) is 3.31. The normalized spacial score (nSPS) is 12.8. The maximum absolute atomic E-state index is 2.55. The lowest BCUT2D eigenvalue weighted by Crippen LogP contribution is -2.46. The van der Waals surface area contributed by atoms with Crippen LogP contribution in [0.1, 0.15) is 58.2 Å². The summed E-state index contributed by atoms with van der Waals surface area (Å²) in [6, 6.07) is 9.14. The molecule has 0 aromatic heterocycles. The number of hydrogen-bond donors (Lipinski definition) is 0. The topological polar surface area (TPSA) is 0 Å². The van der Waals surface area contributed by atoms with Gasteiger partial charge >= 0.3 is 0 Å². The van der Waals surface area contributed by atoms with E-state index < -0.39 is 8.07 Å². The third-order valence-electron chi connectivity index (χ3n) is 5.12. The lowest BCUT2D eigenvalue weighted by molar-refractivity contribution is 0.586. The summed E-state index contributed by atoms with van der Waals surface area (Å²) >= 11 is 0. The second-order valence-electron chi connectivity index (χ2n) is 7.06. The minimum atomic E-state index is -1.26. The molecular formula is C18H32Si. The number of hydrogen-bond acceptors (Lipinski definition) is 0. The molecule has 0 saturated heterocycles. The molecule has 0 aliphatic heterocycles. The average molecular weight is 277 g/mol. The maximum Gasteiger partial charge on any atom is 0.0859 e. The second kappa shape index (κ2) is 5.83. The Kier molecular flexibility index (Phi) is 5.06. The first kappa shape index (κ1) is 16.5. The highest BCUT2D eigenvalue weighted by atomic mass is 28.3. The van der Waals surface area contributed by atoms with Crippen molar-refractivity contribution in [2.24, 2.45) is 0 Å². The van der Waals surface area contributed by atoms with Gasteiger partial charge in [0.15, 0.2) is 0 Å².